The second-order valence-electron chi connectivity index (χ2n) is 3.63. The number of thiol groups is 1. The van der Waals surface area contributed by atoms with Gasteiger partial charge in [0.05, 0.1) is 5.56 Å². The highest BCUT2D eigenvalue weighted by atomic mass is 79.9. The molecule has 0 spiro atoms. The molecular formula is C13H9BrClNOS. The lowest BCUT2D eigenvalue weighted by molar-refractivity contribution is 0.102. The summed E-state index contributed by atoms with van der Waals surface area (Å²) in [6.45, 7) is 0. The van der Waals surface area contributed by atoms with Gasteiger partial charge in [-0.15, -0.1) is 12.6 Å². The van der Waals surface area contributed by atoms with Gasteiger partial charge in [-0.05, 0) is 58.4 Å². The normalized spacial score (nSPS) is 10.2. The Bertz CT molecular complexity index is 586. The quantitative estimate of drug-likeness (QED) is 0.765. The van der Waals surface area contributed by atoms with Crippen molar-refractivity contribution in [2.75, 3.05) is 5.32 Å². The van der Waals surface area contributed by atoms with Crippen LogP contribution in [0.15, 0.2) is 51.8 Å². The second kappa shape index (κ2) is 5.78. The zero-order valence-electron chi connectivity index (χ0n) is 9.15. The number of halogens is 2. The minimum absolute atomic E-state index is 0.194. The lowest BCUT2D eigenvalue weighted by atomic mass is 10.2. The topological polar surface area (TPSA) is 29.1 Å². The Labute approximate surface area is 124 Å². The molecule has 2 aromatic carbocycles. The number of benzene rings is 2. The molecule has 0 aliphatic heterocycles. The molecule has 92 valence electrons. The van der Waals surface area contributed by atoms with E-state index >= 15 is 0 Å². The fraction of sp³-hybridized carbons (Fsp3) is 0. The lowest BCUT2D eigenvalue weighted by Crippen LogP contribution is -2.12. The molecule has 1 amide bonds. The third kappa shape index (κ3) is 3.28. The van der Waals surface area contributed by atoms with Gasteiger partial charge in [0.1, 0.15) is 0 Å². The van der Waals surface area contributed by atoms with Gasteiger partial charge < -0.3 is 5.32 Å². The molecule has 2 rings (SSSR count). The summed E-state index contributed by atoms with van der Waals surface area (Å²) in [7, 11) is 0. The largest absolute Gasteiger partial charge is 0.322 e. The van der Waals surface area contributed by atoms with E-state index in [0.717, 1.165) is 9.37 Å². The molecule has 0 saturated heterocycles. The summed E-state index contributed by atoms with van der Waals surface area (Å²) in [5.41, 5.74) is 1.23. The van der Waals surface area contributed by atoms with E-state index < -0.39 is 0 Å². The van der Waals surface area contributed by atoms with Crippen molar-refractivity contribution in [2.45, 2.75) is 4.90 Å². The number of carbonyl (C=O) groups excluding carboxylic acids is 1. The number of nitrogens with one attached hydrogen (secondary N) is 1. The molecule has 0 radical (unpaired) electrons. The highest BCUT2D eigenvalue weighted by Crippen LogP contribution is 2.22. The Hall–Kier alpha value is -0.970. The minimum Gasteiger partial charge on any atom is -0.322 e. The van der Waals surface area contributed by atoms with Crippen molar-refractivity contribution in [1.82, 2.24) is 0 Å². The van der Waals surface area contributed by atoms with Gasteiger partial charge >= 0.3 is 0 Å². The molecule has 0 bridgehead atoms. The van der Waals surface area contributed by atoms with Gasteiger partial charge in [0.15, 0.2) is 0 Å². The van der Waals surface area contributed by atoms with Crippen molar-refractivity contribution in [3.05, 3.63) is 57.5 Å². The van der Waals surface area contributed by atoms with E-state index in [1.807, 2.05) is 6.07 Å². The van der Waals surface area contributed by atoms with Crippen LogP contribution in [-0.4, -0.2) is 5.91 Å². The molecule has 0 atom stereocenters. The minimum atomic E-state index is -0.194. The average Bonchev–Trinajstić information content (AvgIpc) is 2.35. The maximum absolute atomic E-state index is 12.1. The molecule has 2 nitrogen and oxygen atoms in total. The van der Waals surface area contributed by atoms with Crippen LogP contribution in [0.25, 0.3) is 0 Å². The highest BCUT2D eigenvalue weighted by molar-refractivity contribution is 9.10. The van der Waals surface area contributed by atoms with E-state index in [1.165, 1.54) is 0 Å². The van der Waals surface area contributed by atoms with E-state index in [-0.39, 0.29) is 5.91 Å². The number of amides is 1. The molecule has 5 heteroatoms. The average molecular weight is 343 g/mol. The van der Waals surface area contributed by atoms with E-state index in [4.69, 9.17) is 11.6 Å². The van der Waals surface area contributed by atoms with Gasteiger partial charge in [-0.1, -0.05) is 11.6 Å². The van der Waals surface area contributed by atoms with Crippen LogP contribution in [0.4, 0.5) is 5.69 Å². The number of rotatable bonds is 2. The summed E-state index contributed by atoms with van der Waals surface area (Å²) in [6, 6.07) is 12.3. The third-order valence-electron chi connectivity index (χ3n) is 2.30. The van der Waals surface area contributed by atoms with Crippen LogP contribution >= 0.6 is 40.2 Å². The van der Waals surface area contributed by atoms with E-state index in [9.17, 15) is 4.79 Å². The monoisotopic (exact) mass is 341 g/mol. The summed E-state index contributed by atoms with van der Waals surface area (Å²) >= 11 is 13.3. The Balaban J connectivity index is 2.21. The molecule has 2 aromatic rings. The van der Waals surface area contributed by atoms with Crippen LogP contribution in [0.5, 0.6) is 0 Å². The zero-order valence-corrected chi connectivity index (χ0v) is 12.4. The maximum atomic E-state index is 12.1. The van der Waals surface area contributed by atoms with E-state index in [1.54, 1.807) is 36.4 Å². The van der Waals surface area contributed by atoms with Gasteiger partial charge in [0.25, 0.3) is 5.91 Å². The fourth-order valence-corrected chi connectivity index (χ4v) is 2.18. The molecular weight excluding hydrogens is 334 g/mol. The van der Waals surface area contributed by atoms with E-state index in [0.29, 0.717) is 16.3 Å². The van der Waals surface area contributed by atoms with Crippen molar-refractivity contribution in [1.29, 1.82) is 0 Å². The van der Waals surface area contributed by atoms with Crippen molar-refractivity contribution < 1.29 is 4.79 Å². The van der Waals surface area contributed by atoms with Crippen LogP contribution in [-0.2, 0) is 0 Å². The molecule has 0 heterocycles. The molecule has 0 fully saturated rings. The van der Waals surface area contributed by atoms with Gasteiger partial charge in [-0.3, -0.25) is 4.79 Å². The SMILES string of the molecule is O=C(Nc1ccc(Cl)cc1)c1cc(S)ccc1Br. The zero-order chi connectivity index (χ0) is 13.1. The highest BCUT2D eigenvalue weighted by Gasteiger charge is 2.10. The van der Waals surface area contributed by atoms with Crippen LogP contribution in [0.3, 0.4) is 0 Å². The van der Waals surface area contributed by atoms with Gasteiger partial charge in [-0.2, -0.15) is 0 Å². The van der Waals surface area contributed by atoms with Crippen molar-refractivity contribution >= 4 is 51.8 Å². The predicted octanol–water partition coefficient (Wildman–Crippen LogP) is 4.64. The number of anilines is 1. The Morgan fingerprint density at radius 3 is 2.50 bits per heavy atom. The number of hydrogen-bond donors (Lipinski definition) is 2. The van der Waals surface area contributed by atoms with Gasteiger partial charge in [0.2, 0.25) is 0 Å². The summed E-state index contributed by atoms with van der Waals surface area (Å²) < 4.78 is 0.728. The molecule has 0 aliphatic rings. The van der Waals surface area contributed by atoms with Crippen LogP contribution in [0, 0.1) is 0 Å². The lowest BCUT2D eigenvalue weighted by Gasteiger charge is -2.07. The Morgan fingerprint density at radius 1 is 1.17 bits per heavy atom. The molecule has 0 aliphatic carbocycles. The first kappa shape index (κ1) is 13.5. The summed E-state index contributed by atoms with van der Waals surface area (Å²) in [6.07, 6.45) is 0. The summed E-state index contributed by atoms with van der Waals surface area (Å²) in [4.78, 5) is 12.8. The van der Waals surface area contributed by atoms with Gasteiger partial charge in [-0.25, -0.2) is 0 Å². The van der Waals surface area contributed by atoms with E-state index in [2.05, 4.69) is 33.9 Å². The maximum Gasteiger partial charge on any atom is 0.256 e. The Kier molecular flexibility index (Phi) is 4.32. The third-order valence-corrected chi connectivity index (χ3v) is 3.52. The van der Waals surface area contributed by atoms with Gasteiger partial charge in [0, 0.05) is 20.1 Å². The second-order valence-corrected chi connectivity index (χ2v) is 5.43. The van der Waals surface area contributed by atoms with Crippen LogP contribution < -0.4 is 5.32 Å². The smallest absolute Gasteiger partial charge is 0.256 e. The molecule has 0 saturated carbocycles. The van der Waals surface area contributed by atoms with Crippen LogP contribution in [0.2, 0.25) is 5.02 Å². The number of carbonyl (C=O) groups is 1. The Morgan fingerprint density at radius 2 is 1.83 bits per heavy atom. The molecule has 0 aromatic heterocycles. The number of hydrogen-bond acceptors (Lipinski definition) is 2. The molecule has 18 heavy (non-hydrogen) atoms. The van der Waals surface area contributed by atoms with Crippen molar-refractivity contribution in [2.24, 2.45) is 0 Å². The summed E-state index contributed by atoms with van der Waals surface area (Å²) in [5, 5.41) is 3.42. The first-order chi connectivity index (χ1) is 8.56. The fourth-order valence-electron chi connectivity index (χ4n) is 1.42. The standard InChI is InChI=1S/C13H9BrClNOS/c14-12-6-5-10(18)7-11(12)13(17)16-9-3-1-8(15)2-4-9/h1-7,18H,(H,16,17). The van der Waals surface area contributed by atoms with Crippen molar-refractivity contribution in [3.8, 4) is 0 Å². The molecule has 1 N–H and O–H groups in total. The first-order valence-electron chi connectivity index (χ1n) is 5.12. The molecule has 0 unspecified atom stereocenters. The first-order valence-corrected chi connectivity index (χ1v) is 6.73. The predicted molar refractivity (Wildman–Crippen MR) is 80.8 cm³/mol. The van der Waals surface area contributed by atoms with Crippen molar-refractivity contribution in [3.63, 3.8) is 0 Å². The summed E-state index contributed by atoms with van der Waals surface area (Å²) in [5.74, 6) is -0.194. The van der Waals surface area contributed by atoms with Crippen LogP contribution in [0.1, 0.15) is 10.4 Å².